The van der Waals surface area contributed by atoms with Gasteiger partial charge in [0.25, 0.3) is 5.91 Å². The fraction of sp³-hybridized carbons (Fsp3) is 0.300. The number of benzene rings is 2. The number of nitrogens with two attached hydrogens (primary N) is 3. The number of likely N-dealkylation sites (N-methyl/N-ethyl adjacent to an activating group) is 1. The number of hydrogen-bond acceptors (Lipinski definition) is 11. The van der Waals surface area contributed by atoms with Crippen molar-refractivity contribution < 1.29 is 34.5 Å². The van der Waals surface area contributed by atoms with Crippen LogP contribution in [0.4, 0.5) is 5.69 Å². The Morgan fingerprint density at radius 3 is 2.30 bits per heavy atom. The number of amides is 2. The third-order valence-corrected chi connectivity index (χ3v) is 9.24. The second kappa shape index (κ2) is 10.3. The predicted molar refractivity (Wildman–Crippen MR) is 162 cm³/mol. The number of nitrogens with one attached hydrogen (secondary N) is 1. The van der Waals surface area contributed by atoms with E-state index >= 15 is 0 Å². The molecule has 44 heavy (non-hydrogen) atoms. The van der Waals surface area contributed by atoms with Crippen LogP contribution >= 0.6 is 15.9 Å². The maximum atomic E-state index is 14.5. The Hall–Kier alpha value is -4.55. The van der Waals surface area contributed by atoms with Crippen LogP contribution < -0.4 is 22.5 Å². The third-order valence-electron chi connectivity index (χ3n) is 8.73. The molecule has 13 nitrogen and oxygen atoms in total. The highest BCUT2D eigenvalue weighted by molar-refractivity contribution is 9.09. The number of aliphatic hydroxyl groups excluding tert-OH is 2. The summed E-state index contributed by atoms with van der Waals surface area (Å²) in [5.74, 6) is -6.14. The number of primary amides is 1. The van der Waals surface area contributed by atoms with Gasteiger partial charge in [0.1, 0.15) is 22.8 Å². The van der Waals surface area contributed by atoms with E-state index < -0.39 is 69.1 Å². The largest absolute Gasteiger partial charge is 0.509 e. The predicted octanol–water partition coefficient (Wildman–Crippen LogP) is 0.906. The zero-order valence-corrected chi connectivity index (χ0v) is 25.2. The quantitative estimate of drug-likeness (QED) is 0.175. The maximum Gasteiger partial charge on any atom is 0.255 e. The van der Waals surface area contributed by atoms with E-state index in [1.54, 1.807) is 36.4 Å². The van der Waals surface area contributed by atoms with Crippen molar-refractivity contribution in [3.05, 3.63) is 64.4 Å². The van der Waals surface area contributed by atoms with Crippen molar-refractivity contribution in [2.75, 3.05) is 24.7 Å². The van der Waals surface area contributed by atoms with Gasteiger partial charge in [-0.2, -0.15) is 5.26 Å². The van der Waals surface area contributed by atoms with Gasteiger partial charge in [0.15, 0.2) is 17.0 Å². The minimum atomic E-state index is -2.73. The van der Waals surface area contributed by atoms with Crippen LogP contribution in [0.3, 0.4) is 0 Å². The van der Waals surface area contributed by atoms with Gasteiger partial charge in [-0.15, -0.1) is 0 Å². The van der Waals surface area contributed by atoms with Gasteiger partial charge in [-0.1, -0.05) is 34.1 Å². The molecule has 0 saturated heterocycles. The molecule has 3 aliphatic rings. The van der Waals surface area contributed by atoms with E-state index in [1.165, 1.54) is 25.1 Å². The molecule has 3 aliphatic carbocycles. The molecule has 0 radical (unpaired) electrons. The van der Waals surface area contributed by atoms with E-state index in [0.29, 0.717) is 22.4 Å². The van der Waals surface area contributed by atoms with Crippen LogP contribution in [0, 0.1) is 16.7 Å². The van der Waals surface area contributed by atoms with Crippen molar-refractivity contribution in [1.82, 2.24) is 4.90 Å². The zero-order chi connectivity index (χ0) is 32.5. The second-order valence-corrected chi connectivity index (χ2v) is 12.1. The van der Waals surface area contributed by atoms with Crippen LogP contribution in [0.2, 0.25) is 0 Å². The van der Waals surface area contributed by atoms with Gasteiger partial charge in [-0.3, -0.25) is 24.1 Å². The minimum Gasteiger partial charge on any atom is -0.509 e. The summed E-state index contributed by atoms with van der Waals surface area (Å²) in [5.41, 5.74) is 13.0. The molecular formula is C30H29BrN6O7. The average Bonchev–Trinajstić information content (AvgIpc) is 2.92. The number of aliphatic hydroxyl groups is 2. The van der Waals surface area contributed by atoms with Gasteiger partial charge in [-0.25, -0.2) is 0 Å². The number of rotatable bonds is 5. The standard InChI is InChI=1S/C30H29BrN6O7/c1-37(2)24-23(41)20(27(33)44)25(42)29(12-32)26(43)21-22(40)19-16(9-28(21,34)11-30(24,29)35)15(7-8-17(19)38)13-3-5-14(6-4-13)36-18(39)10-31/h3-8,24,38,40,42H,9-11,34-35H2,1-2H3,(H2,33,44)(H,36,39)/t24-,28-,29+,30-/m1/s1. The van der Waals surface area contributed by atoms with E-state index in [4.69, 9.17) is 17.2 Å². The minimum absolute atomic E-state index is 0.110. The molecular weight excluding hydrogens is 636 g/mol. The monoisotopic (exact) mass is 664 g/mol. The number of Topliss-reactive ketones (excluding diaryl/α,β-unsaturated/α-hetero) is 2. The number of alkyl halides is 1. The average molecular weight is 666 g/mol. The molecule has 0 heterocycles. The first kappa shape index (κ1) is 30.9. The molecule has 10 N–H and O–H groups in total. The van der Waals surface area contributed by atoms with Gasteiger partial charge >= 0.3 is 0 Å². The van der Waals surface area contributed by atoms with Crippen LogP contribution in [0.1, 0.15) is 17.5 Å². The zero-order valence-electron chi connectivity index (χ0n) is 23.6. The van der Waals surface area contributed by atoms with Gasteiger partial charge in [0, 0.05) is 5.69 Å². The molecule has 228 valence electrons. The van der Waals surface area contributed by atoms with Crippen molar-refractivity contribution in [1.29, 1.82) is 5.26 Å². The number of aromatic hydroxyl groups is 1. The Bertz CT molecular complexity index is 1780. The van der Waals surface area contributed by atoms with Crippen LogP contribution in [-0.4, -0.2) is 80.1 Å². The van der Waals surface area contributed by atoms with E-state index in [2.05, 4.69) is 21.2 Å². The van der Waals surface area contributed by atoms with Crippen LogP contribution in [0.5, 0.6) is 5.75 Å². The Kier molecular flexibility index (Phi) is 7.21. The summed E-state index contributed by atoms with van der Waals surface area (Å²) >= 11 is 3.09. The van der Waals surface area contributed by atoms with Gasteiger partial charge in [0.2, 0.25) is 5.91 Å². The van der Waals surface area contributed by atoms with Gasteiger partial charge in [0.05, 0.1) is 39.7 Å². The summed E-state index contributed by atoms with van der Waals surface area (Å²) in [5, 5.41) is 47.1. The number of ketones is 2. The van der Waals surface area contributed by atoms with Crippen molar-refractivity contribution in [2.45, 2.75) is 30.0 Å². The lowest BCUT2D eigenvalue weighted by Gasteiger charge is -2.58. The molecule has 5 rings (SSSR count). The Labute approximate surface area is 259 Å². The summed E-state index contributed by atoms with van der Waals surface area (Å²) in [7, 11) is 2.90. The summed E-state index contributed by atoms with van der Waals surface area (Å²) < 4.78 is 0. The molecule has 2 aromatic carbocycles. The maximum absolute atomic E-state index is 14.5. The lowest BCUT2D eigenvalue weighted by molar-refractivity contribution is -0.139. The highest BCUT2D eigenvalue weighted by Crippen LogP contribution is 2.58. The highest BCUT2D eigenvalue weighted by atomic mass is 79.9. The summed E-state index contributed by atoms with van der Waals surface area (Å²) in [6.45, 7) is 0. The number of carbonyl (C=O) groups is 4. The first-order chi connectivity index (χ1) is 20.6. The molecule has 1 fully saturated rings. The normalized spacial score (nSPS) is 27.8. The van der Waals surface area contributed by atoms with E-state index in [0.717, 1.165) is 0 Å². The lowest BCUT2D eigenvalue weighted by atomic mass is 9.47. The number of anilines is 1. The number of hydrogen-bond donors (Lipinski definition) is 7. The smallest absolute Gasteiger partial charge is 0.255 e. The third kappa shape index (κ3) is 4.01. The number of carbonyl (C=O) groups excluding carboxylic acids is 4. The van der Waals surface area contributed by atoms with Gasteiger partial charge in [-0.05, 0) is 61.8 Å². The Morgan fingerprint density at radius 2 is 1.75 bits per heavy atom. The molecule has 0 spiro atoms. The number of phenolic OH excluding ortho intramolecular Hbond substituents is 1. The number of phenols is 1. The SMILES string of the molecule is CN(C)[C@@H]1C(=O)C(C(N)=O)=C(O)[C@@]2(C#N)C(=O)C3=C(O)c4c(O)ccc(-c5ccc(NC(=O)CBr)cc5)c4C[C@@]3(N)C[C@@]12N. The van der Waals surface area contributed by atoms with Crippen molar-refractivity contribution in [3.8, 4) is 22.9 Å². The van der Waals surface area contributed by atoms with Gasteiger partial charge < -0.3 is 37.8 Å². The Morgan fingerprint density at radius 1 is 1.11 bits per heavy atom. The molecule has 4 atom stereocenters. The van der Waals surface area contributed by atoms with Crippen LogP contribution in [-0.2, 0) is 25.6 Å². The molecule has 1 saturated carbocycles. The van der Waals surface area contributed by atoms with E-state index in [9.17, 15) is 39.8 Å². The second-order valence-electron chi connectivity index (χ2n) is 11.5. The molecule has 2 aromatic rings. The van der Waals surface area contributed by atoms with Crippen LogP contribution in [0.15, 0.2) is 53.3 Å². The first-order valence-electron chi connectivity index (χ1n) is 13.3. The fourth-order valence-electron chi connectivity index (χ4n) is 7.03. The topological polar surface area (TPSA) is 246 Å². The Balaban J connectivity index is 1.76. The van der Waals surface area contributed by atoms with E-state index in [1.807, 2.05) is 0 Å². The van der Waals surface area contributed by atoms with Crippen molar-refractivity contribution in [2.24, 2.45) is 22.6 Å². The van der Waals surface area contributed by atoms with Crippen molar-refractivity contribution >= 4 is 50.8 Å². The van der Waals surface area contributed by atoms with E-state index in [-0.39, 0.29) is 29.0 Å². The number of nitrogens with zero attached hydrogens (tertiary/aromatic N) is 2. The summed E-state index contributed by atoms with van der Waals surface area (Å²) in [6.07, 6.45) is -0.656. The first-order valence-corrected chi connectivity index (χ1v) is 14.4. The summed E-state index contributed by atoms with van der Waals surface area (Å²) in [6, 6.07) is 9.93. The fourth-order valence-corrected chi connectivity index (χ4v) is 7.17. The summed E-state index contributed by atoms with van der Waals surface area (Å²) in [4.78, 5) is 53.4. The number of nitriles is 1. The number of halogens is 1. The lowest BCUT2D eigenvalue weighted by Crippen LogP contribution is -2.80. The molecule has 0 aromatic heterocycles. The molecule has 0 bridgehead atoms. The van der Waals surface area contributed by atoms with Crippen LogP contribution in [0.25, 0.3) is 16.9 Å². The highest BCUT2D eigenvalue weighted by Gasteiger charge is 2.74. The number of fused-ring (bicyclic) bond motifs is 3. The molecule has 0 aliphatic heterocycles. The molecule has 2 amide bonds. The molecule has 0 unspecified atom stereocenters. The molecule has 14 heteroatoms. The van der Waals surface area contributed by atoms with Crippen molar-refractivity contribution in [3.63, 3.8) is 0 Å².